The number of aliphatic hydroxyl groups is 1. The Balaban J connectivity index is 1.69. The smallest absolute Gasteiger partial charge is 0.165 e. The summed E-state index contributed by atoms with van der Waals surface area (Å²) in [6.45, 7) is 4.89. The number of likely N-dealkylation sites (N-methyl/N-ethyl adjacent to an activating group) is 1. The van der Waals surface area contributed by atoms with Gasteiger partial charge in [-0.05, 0) is 71.2 Å². The number of hydrogen-bond donors (Lipinski definition) is 2. The minimum absolute atomic E-state index is 0.00359. The van der Waals surface area contributed by atoms with Crippen molar-refractivity contribution in [2.24, 2.45) is 11.3 Å². The van der Waals surface area contributed by atoms with E-state index in [1.54, 1.807) is 13.2 Å². The summed E-state index contributed by atoms with van der Waals surface area (Å²) in [4.78, 5) is 2.54. The van der Waals surface area contributed by atoms with Crippen molar-refractivity contribution in [3.05, 3.63) is 23.3 Å². The minimum Gasteiger partial charge on any atom is -0.504 e. The Kier molecular flexibility index (Phi) is 3.06. The lowest BCUT2D eigenvalue weighted by molar-refractivity contribution is -0.298. The number of ether oxygens (including phenoxy) is 2. The summed E-state index contributed by atoms with van der Waals surface area (Å²) in [5.41, 5.74) is 1.15. The van der Waals surface area contributed by atoms with Crippen molar-refractivity contribution < 1.29 is 19.7 Å². The first-order valence-corrected chi connectivity index (χ1v) is 10.7. The molecule has 1 saturated heterocycles. The average molecular weight is 386 g/mol. The molecular weight excluding hydrogens is 354 g/mol. The van der Waals surface area contributed by atoms with E-state index in [-0.39, 0.29) is 28.6 Å². The lowest BCUT2D eigenvalue weighted by Gasteiger charge is -2.74. The van der Waals surface area contributed by atoms with Crippen LogP contribution in [0.15, 0.2) is 12.1 Å². The van der Waals surface area contributed by atoms with E-state index in [0.29, 0.717) is 11.8 Å². The average Bonchev–Trinajstić information content (AvgIpc) is 3.03. The van der Waals surface area contributed by atoms with Gasteiger partial charge in [0.1, 0.15) is 11.7 Å². The molecule has 1 aromatic carbocycles. The lowest BCUT2D eigenvalue weighted by atomic mass is 9.34. The van der Waals surface area contributed by atoms with Crippen LogP contribution in [0.3, 0.4) is 0 Å². The lowest BCUT2D eigenvalue weighted by Crippen LogP contribution is -2.82. The molecule has 1 unspecified atom stereocenters. The van der Waals surface area contributed by atoms with Gasteiger partial charge in [-0.25, -0.2) is 0 Å². The maximum Gasteiger partial charge on any atom is 0.165 e. The van der Waals surface area contributed by atoms with Gasteiger partial charge in [0, 0.05) is 35.5 Å². The highest BCUT2D eigenvalue weighted by atomic mass is 16.6. The molecule has 28 heavy (non-hydrogen) atoms. The topological polar surface area (TPSA) is 62.2 Å². The first-order valence-electron chi connectivity index (χ1n) is 10.7. The maximum atomic E-state index is 11.2. The summed E-state index contributed by atoms with van der Waals surface area (Å²) in [5, 5.41) is 21.9. The Morgan fingerprint density at radius 1 is 1.25 bits per heavy atom. The second-order valence-electron chi connectivity index (χ2n) is 10.6. The molecular formula is C23H31NO4. The van der Waals surface area contributed by atoms with Crippen molar-refractivity contribution in [3.8, 4) is 11.5 Å². The molecule has 6 aliphatic rings. The Morgan fingerprint density at radius 3 is 2.75 bits per heavy atom. The normalized spacial score (nSPS) is 45.7. The first-order chi connectivity index (χ1) is 13.2. The third-order valence-corrected chi connectivity index (χ3v) is 9.48. The largest absolute Gasteiger partial charge is 0.504 e. The number of benzene rings is 1. The van der Waals surface area contributed by atoms with Crippen molar-refractivity contribution in [2.45, 2.75) is 74.7 Å². The molecule has 5 nitrogen and oxygen atoms in total. The van der Waals surface area contributed by atoms with E-state index >= 15 is 0 Å². The van der Waals surface area contributed by atoms with Crippen molar-refractivity contribution in [1.82, 2.24) is 4.90 Å². The molecule has 3 saturated carbocycles. The summed E-state index contributed by atoms with van der Waals surface area (Å²) in [6, 6.07) is 4.34. The van der Waals surface area contributed by atoms with E-state index in [9.17, 15) is 10.2 Å². The fourth-order valence-corrected chi connectivity index (χ4v) is 8.51. The zero-order valence-electron chi connectivity index (χ0n) is 17.3. The maximum absolute atomic E-state index is 11.2. The predicted molar refractivity (Wildman–Crippen MR) is 105 cm³/mol. The van der Waals surface area contributed by atoms with Crippen LogP contribution in [0.1, 0.15) is 50.7 Å². The summed E-state index contributed by atoms with van der Waals surface area (Å²) >= 11 is 0. The van der Waals surface area contributed by atoms with Crippen LogP contribution in [0, 0.1) is 11.3 Å². The van der Waals surface area contributed by atoms with E-state index in [1.807, 2.05) is 13.8 Å². The van der Waals surface area contributed by atoms with E-state index < -0.39 is 11.2 Å². The van der Waals surface area contributed by atoms with Crippen LogP contribution in [0.5, 0.6) is 11.5 Å². The number of likely N-dealkylation sites (tertiary alicyclic amines) is 1. The van der Waals surface area contributed by atoms with Crippen molar-refractivity contribution in [2.75, 3.05) is 20.7 Å². The van der Waals surface area contributed by atoms with Crippen LogP contribution in [-0.2, 0) is 16.6 Å². The Labute approximate surface area is 166 Å². The number of hydrogen-bond acceptors (Lipinski definition) is 5. The van der Waals surface area contributed by atoms with Gasteiger partial charge in [-0.15, -0.1) is 0 Å². The van der Waals surface area contributed by atoms with Crippen LogP contribution in [-0.4, -0.2) is 59.2 Å². The van der Waals surface area contributed by atoms with Crippen LogP contribution < -0.4 is 4.74 Å². The standard InChI is InChI=1S/C23H31NO4/c1-20(2,26)15-12-21-7-8-23(15,27-4)19-22(21)9-10-24(3)16(21)11-13-5-6-14(25)18(28-19)17(13)22/h5-6,15-16,19,25-26H,7-12H2,1-4H3/t15?,16-,19-,21-,22+,23-/m1/s1. The van der Waals surface area contributed by atoms with Crippen molar-refractivity contribution in [3.63, 3.8) is 0 Å². The second kappa shape index (κ2) is 4.88. The molecule has 5 heteroatoms. The Bertz CT molecular complexity index is 878. The number of rotatable bonds is 2. The minimum atomic E-state index is -0.849. The van der Waals surface area contributed by atoms with Crippen LogP contribution in [0.2, 0.25) is 0 Å². The third-order valence-electron chi connectivity index (χ3n) is 9.48. The van der Waals surface area contributed by atoms with Gasteiger partial charge in [0.2, 0.25) is 0 Å². The number of phenolic OH excluding ortho intramolecular Hbond substituents is 1. The van der Waals surface area contributed by atoms with Gasteiger partial charge < -0.3 is 24.6 Å². The van der Waals surface area contributed by atoms with E-state index in [2.05, 4.69) is 18.0 Å². The van der Waals surface area contributed by atoms with E-state index in [1.165, 1.54) is 11.1 Å². The fraction of sp³-hybridized carbons (Fsp3) is 0.739. The molecule has 0 aromatic heterocycles. The number of piperidine rings is 1. The number of nitrogens with zero attached hydrogens (tertiary/aromatic N) is 1. The second-order valence-corrected chi connectivity index (χ2v) is 10.6. The van der Waals surface area contributed by atoms with Crippen LogP contribution in [0.4, 0.5) is 0 Å². The molecule has 0 amide bonds. The number of phenols is 1. The highest BCUT2D eigenvalue weighted by Gasteiger charge is 2.81. The molecule has 2 heterocycles. The summed E-state index contributed by atoms with van der Waals surface area (Å²) in [5.74, 6) is 0.944. The third kappa shape index (κ3) is 1.58. The molecule has 1 aromatic rings. The van der Waals surface area contributed by atoms with E-state index in [4.69, 9.17) is 9.47 Å². The summed E-state index contributed by atoms with van der Waals surface area (Å²) in [7, 11) is 4.05. The molecule has 4 aliphatic carbocycles. The molecule has 2 aliphatic heterocycles. The van der Waals surface area contributed by atoms with Crippen LogP contribution in [0.25, 0.3) is 0 Å². The van der Waals surface area contributed by atoms with Gasteiger partial charge in [-0.1, -0.05) is 6.07 Å². The van der Waals surface area contributed by atoms with Gasteiger partial charge in [-0.3, -0.25) is 0 Å². The van der Waals surface area contributed by atoms with Gasteiger partial charge >= 0.3 is 0 Å². The number of methoxy groups -OCH3 is 1. The fourth-order valence-electron chi connectivity index (χ4n) is 8.51. The van der Waals surface area contributed by atoms with Gasteiger partial charge in [-0.2, -0.15) is 0 Å². The summed E-state index contributed by atoms with van der Waals surface area (Å²) < 4.78 is 13.0. The Morgan fingerprint density at radius 2 is 2.04 bits per heavy atom. The predicted octanol–water partition coefficient (Wildman–Crippen LogP) is 2.61. The quantitative estimate of drug-likeness (QED) is 0.819. The molecule has 6 atom stereocenters. The SMILES string of the molecule is CO[C@]12CC[C@@]3(CC1C(C)(C)O)[C@H]1Cc4ccc(O)c5c4[C@@]3(CCN1C)[C@H]2O5. The zero-order chi connectivity index (χ0) is 19.7. The van der Waals surface area contributed by atoms with Crippen molar-refractivity contribution >= 4 is 0 Å². The van der Waals surface area contributed by atoms with Crippen molar-refractivity contribution in [1.29, 1.82) is 0 Å². The van der Waals surface area contributed by atoms with Gasteiger partial charge in [0.05, 0.1) is 5.60 Å². The molecule has 0 radical (unpaired) electrons. The molecule has 7 rings (SSSR count). The van der Waals surface area contributed by atoms with E-state index in [0.717, 1.165) is 38.6 Å². The monoisotopic (exact) mass is 385 g/mol. The molecule has 4 fully saturated rings. The molecule has 4 bridgehead atoms. The first kappa shape index (κ1) is 17.5. The van der Waals surface area contributed by atoms with Gasteiger partial charge in [0.15, 0.2) is 11.5 Å². The molecule has 152 valence electrons. The highest BCUT2D eigenvalue weighted by Crippen LogP contribution is 2.77. The number of fused-ring (bicyclic) bond motifs is 2. The molecule has 2 spiro atoms. The number of aromatic hydroxyl groups is 1. The highest BCUT2D eigenvalue weighted by molar-refractivity contribution is 5.63. The summed E-state index contributed by atoms with van der Waals surface area (Å²) in [6.07, 6.45) is 4.82. The zero-order valence-corrected chi connectivity index (χ0v) is 17.3. The van der Waals surface area contributed by atoms with Gasteiger partial charge in [0.25, 0.3) is 0 Å². The molecule has 2 N–H and O–H groups in total. The Hall–Kier alpha value is -1.30. The van der Waals surface area contributed by atoms with Crippen LogP contribution >= 0.6 is 0 Å².